The maximum absolute atomic E-state index is 12.5. The van der Waals surface area contributed by atoms with Crippen LogP contribution in [0.3, 0.4) is 0 Å². The van der Waals surface area contributed by atoms with Crippen LogP contribution in [0, 0.1) is 0 Å². The van der Waals surface area contributed by atoms with E-state index in [9.17, 15) is 9.90 Å². The van der Waals surface area contributed by atoms with E-state index in [0.29, 0.717) is 11.3 Å². The molecule has 4 rings (SSSR count). The molecule has 3 aromatic carbocycles. The molecular formula is C19H12O3. The number of hydrogen-bond acceptors (Lipinski definition) is 3. The Morgan fingerprint density at radius 3 is 2.68 bits per heavy atom. The third kappa shape index (κ3) is 1.95. The fraction of sp³-hybridized carbons (Fsp3) is 0. The highest BCUT2D eigenvalue weighted by molar-refractivity contribution is 6.17. The number of hydrogen-bond donors (Lipinski definition) is 1. The van der Waals surface area contributed by atoms with Crippen molar-refractivity contribution in [3.63, 3.8) is 0 Å². The molecule has 0 amide bonds. The largest absolute Gasteiger partial charge is 0.508 e. The number of benzene rings is 3. The van der Waals surface area contributed by atoms with Gasteiger partial charge in [-0.1, -0.05) is 42.5 Å². The van der Waals surface area contributed by atoms with Crippen LogP contribution in [0.4, 0.5) is 0 Å². The van der Waals surface area contributed by atoms with Crippen molar-refractivity contribution in [2.45, 2.75) is 0 Å². The van der Waals surface area contributed by atoms with Crippen molar-refractivity contribution in [3.05, 3.63) is 77.5 Å². The summed E-state index contributed by atoms with van der Waals surface area (Å²) in [5, 5.41) is 11.5. The quantitative estimate of drug-likeness (QED) is 0.684. The molecule has 106 valence electrons. The number of carbonyl (C=O) groups is 1. The molecule has 22 heavy (non-hydrogen) atoms. The van der Waals surface area contributed by atoms with Crippen LogP contribution in [0.5, 0.6) is 11.5 Å². The van der Waals surface area contributed by atoms with Crippen molar-refractivity contribution >= 4 is 22.6 Å². The Morgan fingerprint density at radius 1 is 0.955 bits per heavy atom. The van der Waals surface area contributed by atoms with E-state index in [1.54, 1.807) is 30.3 Å². The molecule has 1 aliphatic rings. The highest BCUT2D eigenvalue weighted by Gasteiger charge is 2.28. The average Bonchev–Trinajstić information content (AvgIpc) is 2.84. The van der Waals surface area contributed by atoms with Crippen LogP contribution in [-0.4, -0.2) is 10.9 Å². The highest BCUT2D eigenvalue weighted by Crippen LogP contribution is 2.38. The van der Waals surface area contributed by atoms with Gasteiger partial charge in [0.25, 0.3) is 0 Å². The standard InChI is InChI=1S/C19H12O3/c20-14-6-3-4-12(10-14)11-17-18(21)16-9-8-13-5-1-2-7-15(13)19(16)22-17/h1-11,20H/b17-11-. The van der Waals surface area contributed by atoms with Gasteiger partial charge in [-0.2, -0.15) is 0 Å². The molecule has 3 heteroatoms. The lowest BCUT2D eigenvalue weighted by molar-refractivity contribution is 0.101. The first-order valence-electron chi connectivity index (χ1n) is 6.97. The van der Waals surface area contributed by atoms with E-state index in [-0.39, 0.29) is 17.3 Å². The van der Waals surface area contributed by atoms with Crippen LogP contribution in [-0.2, 0) is 0 Å². The molecule has 1 N–H and O–H groups in total. The molecule has 0 saturated carbocycles. The lowest BCUT2D eigenvalue weighted by Gasteiger charge is -2.03. The van der Waals surface area contributed by atoms with Gasteiger partial charge in [-0.25, -0.2) is 0 Å². The zero-order valence-corrected chi connectivity index (χ0v) is 11.6. The number of fused-ring (bicyclic) bond motifs is 3. The van der Waals surface area contributed by atoms with Gasteiger partial charge in [0.05, 0.1) is 5.56 Å². The summed E-state index contributed by atoms with van der Waals surface area (Å²) in [5.74, 6) is 0.901. The number of allylic oxidation sites excluding steroid dienone is 1. The molecule has 0 radical (unpaired) electrons. The van der Waals surface area contributed by atoms with E-state index in [1.807, 2.05) is 36.4 Å². The van der Waals surface area contributed by atoms with Gasteiger partial charge in [0.1, 0.15) is 11.5 Å². The highest BCUT2D eigenvalue weighted by atomic mass is 16.5. The summed E-state index contributed by atoms with van der Waals surface area (Å²) in [6.45, 7) is 0. The number of ether oxygens (including phenoxy) is 1. The third-order valence-corrected chi connectivity index (χ3v) is 3.73. The Morgan fingerprint density at radius 2 is 1.82 bits per heavy atom. The van der Waals surface area contributed by atoms with Crippen LogP contribution in [0.2, 0.25) is 0 Å². The molecular weight excluding hydrogens is 276 g/mol. The maximum Gasteiger partial charge on any atom is 0.231 e. The zero-order valence-electron chi connectivity index (χ0n) is 11.6. The monoisotopic (exact) mass is 288 g/mol. The Hall–Kier alpha value is -3.07. The average molecular weight is 288 g/mol. The van der Waals surface area contributed by atoms with Gasteiger partial charge in [0.15, 0.2) is 5.76 Å². The van der Waals surface area contributed by atoms with E-state index >= 15 is 0 Å². The lowest BCUT2D eigenvalue weighted by Crippen LogP contribution is -1.97. The Kier molecular flexibility index (Phi) is 2.73. The molecule has 0 aromatic heterocycles. The minimum absolute atomic E-state index is 0.135. The third-order valence-electron chi connectivity index (χ3n) is 3.73. The molecule has 0 fully saturated rings. The van der Waals surface area contributed by atoms with E-state index in [0.717, 1.165) is 16.3 Å². The Bertz CT molecular complexity index is 938. The fourth-order valence-electron chi connectivity index (χ4n) is 2.68. The summed E-state index contributed by atoms with van der Waals surface area (Å²) < 4.78 is 5.81. The van der Waals surface area contributed by atoms with Gasteiger partial charge in [-0.15, -0.1) is 0 Å². The van der Waals surface area contributed by atoms with E-state index in [2.05, 4.69) is 0 Å². The molecule has 0 aliphatic carbocycles. The maximum atomic E-state index is 12.5. The number of phenols is 1. The normalized spacial score (nSPS) is 15.1. The molecule has 0 bridgehead atoms. The minimum Gasteiger partial charge on any atom is -0.508 e. The number of aromatic hydroxyl groups is 1. The molecule has 0 spiro atoms. The van der Waals surface area contributed by atoms with Crippen molar-refractivity contribution < 1.29 is 14.6 Å². The summed E-state index contributed by atoms with van der Waals surface area (Å²) in [5.41, 5.74) is 1.30. The van der Waals surface area contributed by atoms with E-state index in [1.165, 1.54) is 0 Å². The van der Waals surface area contributed by atoms with Crippen LogP contribution < -0.4 is 4.74 Å². The lowest BCUT2D eigenvalue weighted by atomic mass is 10.0. The Balaban J connectivity index is 1.83. The van der Waals surface area contributed by atoms with Gasteiger partial charge in [-0.05, 0) is 35.2 Å². The van der Waals surface area contributed by atoms with Gasteiger partial charge in [-0.3, -0.25) is 4.79 Å². The van der Waals surface area contributed by atoms with Gasteiger partial charge < -0.3 is 9.84 Å². The first-order valence-corrected chi connectivity index (χ1v) is 6.97. The smallest absolute Gasteiger partial charge is 0.231 e. The summed E-state index contributed by atoms with van der Waals surface area (Å²) in [7, 11) is 0. The van der Waals surface area contributed by atoms with E-state index in [4.69, 9.17) is 4.74 Å². The van der Waals surface area contributed by atoms with Crippen molar-refractivity contribution in [1.29, 1.82) is 0 Å². The van der Waals surface area contributed by atoms with E-state index < -0.39 is 0 Å². The molecule has 3 nitrogen and oxygen atoms in total. The van der Waals surface area contributed by atoms with Gasteiger partial charge >= 0.3 is 0 Å². The number of ketones is 1. The van der Waals surface area contributed by atoms with Crippen LogP contribution in [0.1, 0.15) is 15.9 Å². The fourth-order valence-corrected chi connectivity index (χ4v) is 2.68. The summed E-state index contributed by atoms with van der Waals surface area (Å²) in [6.07, 6.45) is 1.65. The zero-order chi connectivity index (χ0) is 15.1. The summed E-state index contributed by atoms with van der Waals surface area (Å²) in [4.78, 5) is 12.5. The topological polar surface area (TPSA) is 46.5 Å². The molecule has 3 aromatic rings. The second kappa shape index (κ2) is 4.74. The number of carbonyl (C=O) groups excluding carboxylic acids is 1. The van der Waals surface area contributed by atoms with Crippen molar-refractivity contribution in [2.75, 3.05) is 0 Å². The van der Waals surface area contributed by atoms with Crippen LogP contribution in [0.15, 0.2) is 66.4 Å². The SMILES string of the molecule is O=C1/C(=C/c2cccc(O)c2)Oc2c1ccc1ccccc21. The first kappa shape index (κ1) is 12.7. The molecule has 0 atom stereocenters. The summed E-state index contributed by atoms with van der Waals surface area (Å²) in [6, 6.07) is 18.2. The second-order valence-corrected chi connectivity index (χ2v) is 5.20. The molecule has 1 aliphatic heterocycles. The van der Waals surface area contributed by atoms with Gasteiger partial charge in [0.2, 0.25) is 5.78 Å². The summed E-state index contributed by atoms with van der Waals surface area (Å²) >= 11 is 0. The molecule has 0 unspecified atom stereocenters. The number of rotatable bonds is 1. The molecule has 0 saturated heterocycles. The van der Waals surface area contributed by atoms with Crippen molar-refractivity contribution in [3.8, 4) is 11.5 Å². The van der Waals surface area contributed by atoms with Crippen molar-refractivity contribution in [1.82, 2.24) is 0 Å². The minimum atomic E-state index is -0.135. The predicted molar refractivity (Wildman–Crippen MR) is 85.0 cm³/mol. The Labute approximate surface area is 127 Å². The predicted octanol–water partition coefficient (Wildman–Crippen LogP) is 4.16. The molecule has 1 heterocycles. The van der Waals surface area contributed by atoms with Crippen LogP contribution >= 0.6 is 0 Å². The van der Waals surface area contributed by atoms with Gasteiger partial charge in [0, 0.05) is 5.39 Å². The first-order chi connectivity index (χ1) is 10.7. The second-order valence-electron chi connectivity index (χ2n) is 5.20. The number of Topliss-reactive ketones (excluding diaryl/α,β-unsaturated/α-hetero) is 1. The van der Waals surface area contributed by atoms with Crippen molar-refractivity contribution in [2.24, 2.45) is 0 Å². The number of phenolic OH excluding ortho intramolecular Hbond substituents is 1. The van der Waals surface area contributed by atoms with Crippen LogP contribution in [0.25, 0.3) is 16.8 Å².